The van der Waals surface area contributed by atoms with Crippen LogP contribution in [-0.2, 0) is 22.6 Å². The summed E-state index contributed by atoms with van der Waals surface area (Å²) in [4.78, 5) is 19.1. The SMILES string of the molecule is Cc1ccccc1CN(Cc1ccccn1)C(=O)C1CCCO1. The van der Waals surface area contributed by atoms with Crippen molar-refractivity contribution < 1.29 is 9.53 Å². The van der Waals surface area contributed by atoms with Gasteiger partial charge in [0.1, 0.15) is 6.10 Å². The van der Waals surface area contributed by atoms with Crippen LogP contribution < -0.4 is 0 Å². The second-order valence-corrected chi connectivity index (χ2v) is 5.94. The summed E-state index contributed by atoms with van der Waals surface area (Å²) in [6, 6.07) is 14.0. The molecule has 0 saturated carbocycles. The number of aromatic nitrogens is 1. The third-order valence-electron chi connectivity index (χ3n) is 4.22. The highest BCUT2D eigenvalue weighted by atomic mass is 16.5. The van der Waals surface area contributed by atoms with E-state index >= 15 is 0 Å². The van der Waals surface area contributed by atoms with Crippen LogP contribution in [0.3, 0.4) is 0 Å². The van der Waals surface area contributed by atoms with Crippen molar-refractivity contribution in [1.29, 1.82) is 0 Å². The molecule has 2 heterocycles. The summed E-state index contributed by atoms with van der Waals surface area (Å²) < 4.78 is 5.59. The Labute approximate surface area is 137 Å². The van der Waals surface area contributed by atoms with Crippen LogP contribution in [0.15, 0.2) is 48.7 Å². The third-order valence-corrected chi connectivity index (χ3v) is 4.22. The molecule has 1 atom stereocenters. The molecule has 0 bridgehead atoms. The van der Waals surface area contributed by atoms with Gasteiger partial charge in [-0.25, -0.2) is 0 Å². The van der Waals surface area contributed by atoms with Gasteiger partial charge in [0.15, 0.2) is 0 Å². The van der Waals surface area contributed by atoms with Crippen LogP contribution in [0.4, 0.5) is 0 Å². The van der Waals surface area contributed by atoms with E-state index in [-0.39, 0.29) is 12.0 Å². The van der Waals surface area contributed by atoms with Gasteiger partial charge in [0.25, 0.3) is 5.91 Å². The van der Waals surface area contributed by atoms with Gasteiger partial charge in [-0.2, -0.15) is 0 Å². The van der Waals surface area contributed by atoms with E-state index < -0.39 is 0 Å². The number of carbonyl (C=O) groups is 1. The molecule has 1 saturated heterocycles. The van der Waals surface area contributed by atoms with E-state index in [9.17, 15) is 4.79 Å². The molecule has 4 nitrogen and oxygen atoms in total. The molecular formula is C19H22N2O2. The molecule has 0 spiro atoms. The molecule has 1 fully saturated rings. The maximum absolute atomic E-state index is 12.8. The molecule has 2 aromatic rings. The minimum Gasteiger partial charge on any atom is -0.368 e. The number of benzene rings is 1. The van der Waals surface area contributed by atoms with Crippen LogP contribution in [0.5, 0.6) is 0 Å². The fourth-order valence-electron chi connectivity index (χ4n) is 2.87. The monoisotopic (exact) mass is 310 g/mol. The lowest BCUT2D eigenvalue weighted by Gasteiger charge is -2.26. The topological polar surface area (TPSA) is 42.4 Å². The van der Waals surface area contributed by atoms with Crippen molar-refractivity contribution in [1.82, 2.24) is 9.88 Å². The lowest BCUT2D eigenvalue weighted by atomic mass is 10.1. The third kappa shape index (κ3) is 3.96. The molecule has 23 heavy (non-hydrogen) atoms. The molecule has 0 aliphatic carbocycles. The maximum Gasteiger partial charge on any atom is 0.252 e. The van der Waals surface area contributed by atoms with Crippen molar-refractivity contribution in [2.45, 2.75) is 39.0 Å². The first-order chi connectivity index (χ1) is 11.2. The van der Waals surface area contributed by atoms with Gasteiger partial charge in [0.05, 0.1) is 12.2 Å². The standard InChI is InChI=1S/C19H22N2O2/c1-15-7-2-3-8-16(15)13-21(14-17-9-4-5-11-20-17)19(22)18-10-6-12-23-18/h2-5,7-9,11,18H,6,10,12-14H2,1H3. The van der Waals surface area contributed by atoms with E-state index in [0.29, 0.717) is 19.7 Å². The summed E-state index contributed by atoms with van der Waals surface area (Å²) in [7, 11) is 0. The fourth-order valence-corrected chi connectivity index (χ4v) is 2.87. The minimum atomic E-state index is -0.303. The summed E-state index contributed by atoms with van der Waals surface area (Å²) in [6.45, 7) is 3.85. The first kappa shape index (κ1) is 15.7. The Morgan fingerprint density at radius 1 is 1.22 bits per heavy atom. The van der Waals surface area contributed by atoms with E-state index in [1.54, 1.807) is 6.20 Å². The molecule has 1 amide bonds. The van der Waals surface area contributed by atoms with Gasteiger partial charge < -0.3 is 9.64 Å². The highest BCUT2D eigenvalue weighted by molar-refractivity contribution is 5.81. The fraction of sp³-hybridized carbons (Fsp3) is 0.368. The largest absolute Gasteiger partial charge is 0.368 e. The summed E-state index contributed by atoms with van der Waals surface area (Å²) in [5.74, 6) is 0.0661. The molecule has 0 N–H and O–H groups in total. The number of hydrogen-bond acceptors (Lipinski definition) is 3. The van der Waals surface area contributed by atoms with Crippen LogP contribution in [0.25, 0.3) is 0 Å². The number of rotatable bonds is 5. The van der Waals surface area contributed by atoms with Gasteiger partial charge in [-0.05, 0) is 43.0 Å². The average molecular weight is 310 g/mol. The van der Waals surface area contributed by atoms with Crippen LogP contribution in [-0.4, -0.2) is 28.5 Å². The number of amides is 1. The smallest absolute Gasteiger partial charge is 0.252 e. The van der Waals surface area contributed by atoms with Gasteiger partial charge in [-0.3, -0.25) is 9.78 Å². The Morgan fingerprint density at radius 3 is 2.74 bits per heavy atom. The quantitative estimate of drug-likeness (QED) is 0.852. The average Bonchev–Trinajstić information content (AvgIpc) is 3.11. The molecule has 120 valence electrons. The van der Waals surface area contributed by atoms with Crippen molar-refractivity contribution in [2.24, 2.45) is 0 Å². The Bertz CT molecular complexity index is 651. The zero-order valence-corrected chi connectivity index (χ0v) is 13.4. The number of nitrogens with zero attached hydrogens (tertiary/aromatic N) is 2. The van der Waals surface area contributed by atoms with Crippen molar-refractivity contribution in [3.63, 3.8) is 0 Å². The Balaban J connectivity index is 1.80. The predicted molar refractivity (Wildman–Crippen MR) is 88.6 cm³/mol. The lowest BCUT2D eigenvalue weighted by molar-refractivity contribution is -0.142. The zero-order valence-electron chi connectivity index (χ0n) is 13.4. The van der Waals surface area contributed by atoms with Crippen LogP contribution in [0, 0.1) is 6.92 Å². The van der Waals surface area contributed by atoms with Crippen LogP contribution in [0.1, 0.15) is 29.7 Å². The Hall–Kier alpha value is -2.20. The number of hydrogen-bond donors (Lipinski definition) is 0. The summed E-state index contributed by atoms with van der Waals surface area (Å²) in [6.07, 6.45) is 3.23. The van der Waals surface area contributed by atoms with Gasteiger partial charge in [-0.1, -0.05) is 30.3 Å². The van der Waals surface area contributed by atoms with E-state index in [1.807, 2.05) is 35.2 Å². The van der Waals surface area contributed by atoms with E-state index in [1.165, 1.54) is 5.56 Å². The molecule has 4 heteroatoms. The number of aryl methyl sites for hydroxylation is 1. The van der Waals surface area contributed by atoms with Gasteiger partial charge >= 0.3 is 0 Å². The number of carbonyl (C=O) groups excluding carboxylic acids is 1. The molecule has 1 aliphatic heterocycles. The summed E-state index contributed by atoms with van der Waals surface area (Å²) in [5, 5.41) is 0. The summed E-state index contributed by atoms with van der Waals surface area (Å²) >= 11 is 0. The van der Waals surface area contributed by atoms with Crippen molar-refractivity contribution in [3.05, 3.63) is 65.5 Å². The molecular weight excluding hydrogens is 288 g/mol. The van der Waals surface area contributed by atoms with Crippen molar-refractivity contribution in [3.8, 4) is 0 Å². The van der Waals surface area contributed by atoms with Crippen molar-refractivity contribution in [2.75, 3.05) is 6.61 Å². The van der Waals surface area contributed by atoms with Gasteiger partial charge in [0.2, 0.25) is 0 Å². The molecule has 3 rings (SSSR count). The highest BCUT2D eigenvalue weighted by Gasteiger charge is 2.28. The number of pyridine rings is 1. The van der Waals surface area contributed by atoms with Gasteiger partial charge in [0, 0.05) is 19.3 Å². The van der Waals surface area contributed by atoms with E-state index in [4.69, 9.17) is 4.74 Å². The molecule has 1 unspecified atom stereocenters. The van der Waals surface area contributed by atoms with E-state index in [0.717, 1.165) is 24.1 Å². The zero-order chi connectivity index (χ0) is 16.1. The highest BCUT2D eigenvalue weighted by Crippen LogP contribution is 2.19. The second kappa shape index (κ2) is 7.38. The normalized spacial score (nSPS) is 17.2. The number of ether oxygens (including phenoxy) is 1. The van der Waals surface area contributed by atoms with Crippen molar-refractivity contribution >= 4 is 5.91 Å². The Kier molecular flexibility index (Phi) is 5.03. The van der Waals surface area contributed by atoms with Gasteiger partial charge in [-0.15, -0.1) is 0 Å². The maximum atomic E-state index is 12.8. The minimum absolute atomic E-state index is 0.0661. The van der Waals surface area contributed by atoms with E-state index in [2.05, 4.69) is 24.0 Å². The summed E-state index contributed by atoms with van der Waals surface area (Å²) in [5.41, 5.74) is 3.25. The molecule has 1 aromatic heterocycles. The van der Waals surface area contributed by atoms with Crippen LogP contribution >= 0.6 is 0 Å². The molecule has 1 aliphatic rings. The van der Waals surface area contributed by atoms with Crippen LogP contribution in [0.2, 0.25) is 0 Å². The first-order valence-corrected chi connectivity index (χ1v) is 8.09. The molecule has 1 aromatic carbocycles. The predicted octanol–water partition coefficient (Wildman–Crippen LogP) is 3.10. The first-order valence-electron chi connectivity index (χ1n) is 8.09. The lowest BCUT2D eigenvalue weighted by Crippen LogP contribution is -2.38. The molecule has 0 radical (unpaired) electrons. The second-order valence-electron chi connectivity index (χ2n) is 5.94. The Morgan fingerprint density at radius 2 is 2.04 bits per heavy atom.